The Morgan fingerprint density at radius 3 is 2.95 bits per heavy atom. The van der Waals surface area contributed by atoms with Gasteiger partial charge in [-0.2, -0.15) is 0 Å². The summed E-state index contributed by atoms with van der Waals surface area (Å²) in [4.78, 5) is 24.8. The zero-order valence-electron chi connectivity index (χ0n) is 11.2. The topological polar surface area (TPSA) is 72.2 Å². The Hall–Kier alpha value is -2.76. The Morgan fingerprint density at radius 2 is 2.19 bits per heavy atom. The van der Waals surface area contributed by atoms with Gasteiger partial charge in [-0.15, -0.1) is 0 Å². The van der Waals surface area contributed by atoms with Crippen LogP contribution in [-0.4, -0.2) is 25.3 Å². The Bertz CT molecular complexity index is 807. The molecule has 0 atom stereocenters. The second-order valence-corrected chi connectivity index (χ2v) is 5.10. The highest BCUT2D eigenvalue weighted by Gasteiger charge is 2.30. The molecule has 4 rings (SSSR count). The average Bonchev–Trinajstić information content (AvgIpc) is 3.29. The fourth-order valence-electron chi connectivity index (χ4n) is 2.40. The molecule has 104 valence electrons. The van der Waals surface area contributed by atoms with Crippen LogP contribution in [-0.2, 0) is 0 Å². The third-order valence-corrected chi connectivity index (χ3v) is 3.56. The largest absolute Gasteiger partial charge is 0.305 e. The summed E-state index contributed by atoms with van der Waals surface area (Å²) in [5.74, 6) is 1.67. The third-order valence-electron chi connectivity index (χ3n) is 3.56. The van der Waals surface area contributed by atoms with Crippen LogP contribution in [0.15, 0.2) is 43.0 Å². The van der Waals surface area contributed by atoms with E-state index in [1.165, 1.54) is 6.33 Å². The van der Waals surface area contributed by atoms with E-state index in [1.807, 2.05) is 28.8 Å². The van der Waals surface area contributed by atoms with Crippen LogP contribution in [0.25, 0.3) is 5.52 Å². The van der Waals surface area contributed by atoms with Crippen molar-refractivity contribution in [2.24, 2.45) is 0 Å². The lowest BCUT2D eigenvalue weighted by Crippen LogP contribution is -2.13. The minimum absolute atomic E-state index is 0.246. The summed E-state index contributed by atoms with van der Waals surface area (Å²) in [7, 11) is 0. The van der Waals surface area contributed by atoms with Gasteiger partial charge in [-0.3, -0.25) is 4.79 Å². The number of fused-ring (bicyclic) bond motifs is 1. The summed E-state index contributed by atoms with van der Waals surface area (Å²) < 4.78 is 2.01. The van der Waals surface area contributed by atoms with E-state index in [0.29, 0.717) is 17.4 Å². The standard InChI is InChI=1S/C15H13N5O/c21-15(18-12-6-7-16-9-17-12)13-11-3-1-2-8-20(11)14(19-13)10-4-5-10/h1-3,6-10H,4-5H2,(H,16,17,18,21). The lowest BCUT2D eigenvalue weighted by Gasteiger charge is -2.01. The number of anilines is 1. The van der Waals surface area contributed by atoms with Crippen LogP contribution in [0.3, 0.4) is 0 Å². The zero-order valence-corrected chi connectivity index (χ0v) is 11.2. The molecular formula is C15H13N5O. The van der Waals surface area contributed by atoms with Crippen molar-refractivity contribution in [2.75, 3.05) is 5.32 Å². The predicted molar refractivity (Wildman–Crippen MR) is 77.2 cm³/mol. The molecule has 1 fully saturated rings. The number of hydrogen-bond donors (Lipinski definition) is 1. The van der Waals surface area contributed by atoms with Crippen molar-refractivity contribution in [3.63, 3.8) is 0 Å². The molecule has 0 radical (unpaired) electrons. The molecule has 6 nitrogen and oxygen atoms in total. The van der Waals surface area contributed by atoms with Gasteiger partial charge in [-0.25, -0.2) is 15.0 Å². The van der Waals surface area contributed by atoms with E-state index >= 15 is 0 Å². The van der Waals surface area contributed by atoms with Crippen molar-refractivity contribution in [2.45, 2.75) is 18.8 Å². The van der Waals surface area contributed by atoms with Crippen molar-refractivity contribution in [1.29, 1.82) is 0 Å². The van der Waals surface area contributed by atoms with Crippen LogP contribution in [0.1, 0.15) is 35.1 Å². The van der Waals surface area contributed by atoms with Gasteiger partial charge >= 0.3 is 0 Å². The van der Waals surface area contributed by atoms with Gasteiger partial charge in [0.1, 0.15) is 18.0 Å². The molecule has 1 saturated carbocycles. The minimum Gasteiger partial charge on any atom is -0.305 e. The maximum atomic E-state index is 12.4. The quantitative estimate of drug-likeness (QED) is 0.798. The highest BCUT2D eigenvalue weighted by molar-refractivity contribution is 6.07. The average molecular weight is 279 g/mol. The number of nitrogens with zero attached hydrogens (tertiary/aromatic N) is 4. The molecule has 0 spiro atoms. The van der Waals surface area contributed by atoms with E-state index in [1.54, 1.807) is 12.3 Å². The molecule has 1 amide bonds. The molecule has 1 aliphatic rings. The second kappa shape index (κ2) is 4.66. The number of carbonyl (C=O) groups is 1. The number of pyridine rings is 1. The Balaban J connectivity index is 1.74. The Labute approximate surface area is 120 Å². The van der Waals surface area contributed by atoms with Crippen molar-refractivity contribution in [3.05, 3.63) is 54.5 Å². The van der Waals surface area contributed by atoms with Crippen molar-refractivity contribution < 1.29 is 4.79 Å². The van der Waals surface area contributed by atoms with E-state index in [0.717, 1.165) is 24.2 Å². The molecule has 0 saturated heterocycles. The van der Waals surface area contributed by atoms with E-state index in [9.17, 15) is 4.79 Å². The first-order valence-electron chi connectivity index (χ1n) is 6.87. The number of amides is 1. The lowest BCUT2D eigenvalue weighted by molar-refractivity contribution is 0.102. The van der Waals surface area contributed by atoms with E-state index < -0.39 is 0 Å². The normalized spacial score (nSPS) is 14.3. The van der Waals surface area contributed by atoms with E-state index in [2.05, 4.69) is 20.3 Å². The summed E-state index contributed by atoms with van der Waals surface area (Å²) in [6.45, 7) is 0. The Morgan fingerprint density at radius 1 is 1.29 bits per heavy atom. The molecule has 0 bridgehead atoms. The fourth-order valence-corrected chi connectivity index (χ4v) is 2.40. The van der Waals surface area contributed by atoms with Crippen LogP contribution >= 0.6 is 0 Å². The van der Waals surface area contributed by atoms with Crippen LogP contribution in [0.5, 0.6) is 0 Å². The third kappa shape index (κ3) is 2.14. The first-order valence-corrected chi connectivity index (χ1v) is 6.87. The van der Waals surface area contributed by atoms with Gasteiger partial charge in [0.05, 0.1) is 5.52 Å². The van der Waals surface area contributed by atoms with Crippen molar-refractivity contribution >= 4 is 17.2 Å². The molecule has 3 aromatic heterocycles. The van der Waals surface area contributed by atoms with Gasteiger partial charge in [-0.05, 0) is 31.0 Å². The summed E-state index contributed by atoms with van der Waals surface area (Å²) >= 11 is 0. The molecule has 3 heterocycles. The molecule has 1 N–H and O–H groups in total. The minimum atomic E-state index is -0.246. The van der Waals surface area contributed by atoms with Gasteiger partial charge in [-0.1, -0.05) is 6.07 Å². The van der Waals surface area contributed by atoms with Crippen LogP contribution in [0, 0.1) is 0 Å². The molecule has 0 aromatic carbocycles. The molecule has 0 unspecified atom stereocenters. The molecule has 0 aliphatic heterocycles. The fraction of sp³-hybridized carbons (Fsp3) is 0.200. The molecule has 21 heavy (non-hydrogen) atoms. The number of hydrogen-bond acceptors (Lipinski definition) is 4. The monoisotopic (exact) mass is 279 g/mol. The van der Waals surface area contributed by atoms with Gasteiger partial charge in [0.15, 0.2) is 5.69 Å². The van der Waals surface area contributed by atoms with Crippen molar-refractivity contribution in [1.82, 2.24) is 19.4 Å². The zero-order chi connectivity index (χ0) is 14.2. The first-order chi connectivity index (χ1) is 10.3. The highest BCUT2D eigenvalue weighted by Crippen LogP contribution is 2.40. The predicted octanol–water partition coefficient (Wildman–Crippen LogP) is 2.25. The molecule has 6 heteroatoms. The van der Waals surface area contributed by atoms with Crippen molar-refractivity contribution in [3.8, 4) is 0 Å². The van der Waals surface area contributed by atoms with Gasteiger partial charge < -0.3 is 9.72 Å². The Kier molecular flexibility index (Phi) is 2.67. The highest BCUT2D eigenvalue weighted by atomic mass is 16.2. The van der Waals surface area contributed by atoms with E-state index in [4.69, 9.17) is 0 Å². The molecule has 3 aromatic rings. The smallest absolute Gasteiger partial charge is 0.277 e. The summed E-state index contributed by atoms with van der Waals surface area (Å²) in [6.07, 6.45) is 7.22. The maximum absolute atomic E-state index is 12.4. The van der Waals surface area contributed by atoms with Crippen LogP contribution < -0.4 is 5.32 Å². The maximum Gasteiger partial charge on any atom is 0.277 e. The summed E-state index contributed by atoms with van der Waals surface area (Å²) in [5.41, 5.74) is 1.27. The van der Waals surface area contributed by atoms with Crippen LogP contribution in [0.4, 0.5) is 5.82 Å². The molecule has 1 aliphatic carbocycles. The molecular weight excluding hydrogens is 266 g/mol. The number of rotatable bonds is 3. The van der Waals surface area contributed by atoms with Gasteiger partial charge in [0.25, 0.3) is 5.91 Å². The number of imidazole rings is 1. The second-order valence-electron chi connectivity index (χ2n) is 5.10. The number of nitrogens with one attached hydrogen (secondary N) is 1. The van der Waals surface area contributed by atoms with E-state index in [-0.39, 0.29) is 5.91 Å². The van der Waals surface area contributed by atoms with Gasteiger partial charge in [0.2, 0.25) is 0 Å². The van der Waals surface area contributed by atoms with Crippen LogP contribution in [0.2, 0.25) is 0 Å². The SMILES string of the molecule is O=C(Nc1ccncn1)c1nc(C2CC2)n2ccccc12. The number of aromatic nitrogens is 4. The summed E-state index contributed by atoms with van der Waals surface area (Å²) in [6, 6.07) is 7.42. The number of carbonyl (C=O) groups excluding carboxylic acids is 1. The first kappa shape index (κ1) is 12.0. The summed E-state index contributed by atoms with van der Waals surface area (Å²) in [5, 5.41) is 2.76. The van der Waals surface area contributed by atoms with Gasteiger partial charge in [0, 0.05) is 18.3 Å². The lowest BCUT2D eigenvalue weighted by atomic mass is 10.3.